The summed E-state index contributed by atoms with van der Waals surface area (Å²) in [4.78, 5) is 17.8. The molecule has 0 bridgehead atoms. The lowest BCUT2D eigenvalue weighted by molar-refractivity contribution is -0.138. The lowest BCUT2D eigenvalue weighted by Gasteiger charge is -2.14. The van der Waals surface area contributed by atoms with Gasteiger partial charge in [0.05, 0.1) is 11.2 Å². The molecule has 0 saturated heterocycles. The molecule has 0 fully saturated rings. The maximum Gasteiger partial charge on any atom is 0.322 e. The van der Waals surface area contributed by atoms with Gasteiger partial charge in [-0.15, -0.1) is 0 Å². The van der Waals surface area contributed by atoms with Crippen LogP contribution in [-0.2, 0) is 21.2 Å². The van der Waals surface area contributed by atoms with Crippen LogP contribution < -0.4 is 4.72 Å². The number of carboxylic acids is 1. The Morgan fingerprint density at radius 3 is 2.81 bits per heavy atom. The van der Waals surface area contributed by atoms with Crippen LogP contribution in [0.25, 0.3) is 0 Å². The molecule has 0 spiro atoms. The Bertz CT molecular complexity index is 726. The third kappa shape index (κ3) is 3.89. The van der Waals surface area contributed by atoms with E-state index in [0.29, 0.717) is 5.69 Å². The Morgan fingerprint density at radius 2 is 2.24 bits per heavy atom. The highest BCUT2D eigenvalue weighted by atomic mass is 32.2. The van der Waals surface area contributed by atoms with Crippen molar-refractivity contribution >= 4 is 16.0 Å². The summed E-state index contributed by atoms with van der Waals surface area (Å²) >= 11 is 0. The highest BCUT2D eigenvalue weighted by molar-refractivity contribution is 7.89. The summed E-state index contributed by atoms with van der Waals surface area (Å²) in [5.41, 5.74) is 1.31. The summed E-state index contributed by atoms with van der Waals surface area (Å²) in [6, 6.07) is 5.00. The minimum atomic E-state index is -3.90. The Hall–Kier alpha value is -2.19. The molecule has 1 aromatic carbocycles. The van der Waals surface area contributed by atoms with Crippen LogP contribution >= 0.6 is 0 Å². The number of nitrogens with zero attached hydrogens (tertiary/aromatic N) is 1. The molecule has 112 valence electrons. The predicted octanol–water partition coefficient (Wildman–Crippen LogP) is 0.692. The molecule has 0 amide bonds. The first-order valence-electron chi connectivity index (χ1n) is 6.17. The van der Waals surface area contributed by atoms with Crippen LogP contribution in [-0.4, -0.2) is 35.5 Å². The second-order valence-electron chi connectivity index (χ2n) is 4.61. The number of hydrogen-bond donors (Lipinski definition) is 3. The van der Waals surface area contributed by atoms with Crippen molar-refractivity contribution in [3.8, 4) is 0 Å². The van der Waals surface area contributed by atoms with Gasteiger partial charge in [0.1, 0.15) is 6.04 Å². The van der Waals surface area contributed by atoms with Crippen molar-refractivity contribution in [1.29, 1.82) is 0 Å². The Morgan fingerprint density at radius 1 is 1.48 bits per heavy atom. The topological polar surface area (TPSA) is 112 Å². The van der Waals surface area contributed by atoms with Gasteiger partial charge in [0.2, 0.25) is 10.0 Å². The molecule has 2 rings (SSSR count). The summed E-state index contributed by atoms with van der Waals surface area (Å²) in [5.74, 6) is -1.25. The molecule has 1 aromatic heterocycles. The normalized spacial score (nSPS) is 13.0. The number of benzene rings is 1. The molecule has 1 unspecified atom stereocenters. The minimum Gasteiger partial charge on any atom is -0.480 e. The number of hydrogen-bond acceptors (Lipinski definition) is 4. The standard InChI is InChI=1S/C13H15N3O4S/c1-9-3-2-4-11(5-9)21(19,20)16-12(13(17)18)6-10-7-14-8-15-10/h2-5,7-8,12,16H,6H2,1H3,(H,14,15)(H,17,18). The van der Waals surface area contributed by atoms with Crippen molar-refractivity contribution in [3.05, 3.63) is 48.0 Å². The van der Waals surface area contributed by atoms with Gasteiger partial charge < -0.3 is 10.1 Å². The zero-order chi connectivity index (χ0) is 15.5. The molecule has 2 aromatic rings. The average Bonchev–Trinajstić information content (AvgIpc) is 2.90. The van der Waals surface area contributed by atoms with Gasteiger partial charge in [0, 0.05) is 18.3 Å². The number of aliphatic carboxylic acids is 1. The van der Waals surface area contributed by atoms with Crippen LogP contribution in [0.15, 0.2) is 41.7 Å². The molecule has 1 heterocycles. The molecule has 0 aliphatic rings. The van der Waals surface area contributed by atoms with Gasteiger partial charge in [-0.05, 0) is 24.6 Å². The van der Waals surface area contributed by atoms with Crippen LogP contribution in [0.4, 0.5) is 0 Å². The Balaban J connectivity index is 2.21. The smallest absolute Gasteiger partial charge is 0.322 e. The van der Waals surface area contributed by atoms with E-state index < -0.39 is 22.0 Å². The molecular weight excluding hydrogens is 294 g/mol. The number of sulfonamides is 1. The number of rotatable bonds is 6. The number of aryl methyl sites for hydroxylation is 1. The first kappa shape index (κ1) is 15.2. The van der Waals surface area contributed by atoms with Crippen molar-refractivity contribution in [2.24, 2.45) is 0 Å². The first-order valence-corrected chi connectivity index (χ1v) is 7.66. The lowest BCUT2D eigenvalue weighted by atomic mass is 10.2. The number of aromatic amines is 1. The maximum absolute atomic E-state index is 12.2. The maximum atomic E-state index is 12.2. The van der Waals surface area contributed by atoms with Crippen LogP contribution in [0.2, 0.25) is 0 Å². The average molecular weight is 309 g/mol. The van der Waals surface area contributed by atoms with E-state index in [2.05, 4.69) is 14.7 Å². The van der Waals surface area contributed by atoms with E-state index in [4.69, 9.17) is 0 Å². The summed E-state index contributed by atoms with van der Waals surface area (Å²) < 4.78 is 26.7. The SMILES string of the molecule is Cc1cccc(S(=O)(=O)NC(Cc2cnc[nH]2)C(=O)O)c1. The van der Waals surface area contributed by atoms with Gasteiger partial charge in [-0.1, -0.05) is 12.1 Å². The monoisotopic (exact) mass is 309 g/mol. The van der Waals surface area contributed by atoms with Crippen LogP contribution in [0.3, 0.4) is 0 Å². The van der Waals surface area contributed by atoms with Crippen LogP contribution in [0.1, 0.15) is 11.3 Å². The fourth-order valence-electron chi connectivity index (χ4n) is 1.83. The summed E-state index contributed by atoms with van der Waals surface area (Å²) in [7, 11) is -3.90. The zero-order valence-electron chi connectivity index (χ0n) is 11.3. The second-order valence-corrected chi connectivity index (χ2v) is 6.32. The molecule has 21 heavy (non-hydrogen) atoms. The predicted molar refractivity (Wildman–Crippen MR) is 75.2 cm³/mol. The van der Waals surface area contributed by atoms with Crippen LogP contribution in [0, 0.1) is 6.92 Å². The second kappa shape index (κ2) is 6.06. The van der Waals surface area contributed by atoms with E-state index >= 15 is 0 Å². The van der Waals surface area contributed by atoms with E-state index in [0.717, 1.165) is 5.56 Å². The number of imidazole rings is 1. The molecule has 8 heteroatoms. The molecule has 0 radical (unpaired) electrons. The van der Waals surface area contributed by atoms with Gasteiger partial charge in [-0.25, -0.2) is 13.4 Å². The summed E-state index contributed by atoms with van der Waals surface area (Å²) in [5, 5.41) is 9.18. The molecule has 0 aliphatic heterocycles. The zero-order valence-corrected chi connectivity index (χ0v) is 12.1. The molecule has 1 atom stereocenters. The molecule has 0 aliphatic carbocycles. The van der Waals surface area contributed by atoms with E-state index in [-0.39, 0.29) is 11.3 Å². The largest absolute Gasteiger partial charge is 0.480 e. The van der Waals surface area contributed by atoms with Crippen LogP contribution in [0.5, 0.6) is 0 Å². The number of carboxylic acid groups (broad SMARTS) is 1. The van der Waals surface area contributed by atoms with Crippen molar-refractivity contribution in [1.82, 2.24) is 14.7 Å². The summed E-state index contributed by atoms with van der Waals surface area (Å²) in [6.45, 7) is 1.76. The third-order valence-electron chi connectivity index (χ3n) is 2.87. The van der Waals surface area contributed by atoms with Gasteiger partial charge in [-0.3, -0.25) is 4.79 Å². The molecular formula is C13H15N3O4S. The van der Waals surface area contributed by atoms with E-state index in [1.807, 2.05) is 0 Å². The summed E-state index contributed by atoms with van der Waals surface area (Å²) in [6.07, 6.45) is 2.85. The van der Waals surface area contributed by atoms with Gasteiger partial charge >= 0.3 is 5.97 Å². The minimum absolute atomic E-state index is 0.0135. The molecule has 0 saturated carbocycles. The molecule has 3 N–H and O–H groups in total. The van der Waals surface area contributed by atoms with E-state index in [9.17, 15) is 18.3 Å². The highest BCUT2D eigenvalue weighted by Crippen LogP contribution is 2.12. The van der Waals surface area contributed by atoms with Crippen molar-refractivity contribution < 1.29 is 18.3 Å². The Labute approximate surface area is 122 Å². The quantitative estimate of drug-likeness (QED) is 0.727. The van der Waals surface area contributed by atoms with Gasteiger partial charge in [-0.2, -0.15) is 4.72 Å². The van der Waals surface area contributed by atoms with E-state index in [1.54, 1.807) is 19.1 Å². The number of aromatic nitrogens is 2. The number of nitrogens with one attached hydrogen (secondary N) is 2. The van der Waals surface area contributed by atoms with Crippen molar-refractivity contribution in [2.45, 2.75) is 24.3 Å². The van der Waals surface area contributed by atoms with Crippen molar-refractivity contribution in [3.63, 3.8) is 0 Å². The van der Waals surface area contributed by atoms with E-state index in [1.165, 1.54) is 24.7 Å². The number of carbonyl (C=O) groups is 1. The highest BCUT2D eigenvalue weighted by Gasteiger charge is 2.26. The van der Waals surface area contributed by atoms with Crippen molar-refractivity contribution in [2.75, 3.05) is 0 Å². The van der Waals surface area contributed by atoms with Gasteiger partial charge in [0.25, 0.3) is 0 Å². The number of H-pyrrole nitrogens is 1. The fraction of sp³-hybridized carbons (Fsp3) is 0.231. The third-order valence-corrected chi connectivity index (χ3v) is 4.34. The first-order chi connectivity index (χ1) is 9.88. The fourth-order valence-corrected chi connectivity index (χ4v) is 3.13. The molecule has 7 nitrogen and oxygen atoms in total. The Kier molecular flexibility index (Phi) is 4.39. The van der Waals surface area contributed by atoms with Gasteiger partial charge in [0.15, 0.2) is 0 Å². The lowest BCUT2D eigenvalue weighted by Crippen LogP contribution is -2.42.